The number of amides is 2. The Hall–Kier alpha value is -3.89. The van der Waals surface area contributed by atoms with Gasteiger partial charge in [0.2, 0.25) is 0 Å². The van der Waals surface area contributed by atoms with Gasteiger partial charge in [0.05, 0.1) is 5.56 Å². The summed E-state index contributed by atoms with van der Waals surface area (Å²) in [5.41, 5.74) is 0.134. The van der Waals surface area contributed by atoms with E-state index in [1.807, 2.05) is 32.9 Å². The first-order chi connectivity index (χ1) is 19.8. The van der Waals surface area contributed by atoms with Crippen molar-refractivity contribution in [2.75, 3.05) is 31.1 Å². The molecule has 2 aromatic carbocycles. The van der Waals surface area contributed by atoms with Crippen LogP contribution in [-0.2, 0) is 10.9 Å². The topological polar surface area (TPSA) is 84.2 Å². The van der Waals surface area contributed by atoms with Gasteiger partial charge < -0.3 is 29.0 Å². The molecular weight excluding hydrogens is 551 g/mol. The molecule has 42 heavy (non-hydrogen) atoms. The van der Waals surface area contributed by atoms with E-state index in [2.05, 4.69) is 10.2 Å². The third-order valence-electron chi connectivity index (χ3n) is 7.50. The quantitative estimate of drug-likeness (QED) is 0.361. The summed E-state index contributed by atoms with van der Waals surface area (Å²) >= 11 is 0. The van der Waals surface area contributed by atoms with Crippen LogP contribution in [-0.4, -0.2) is 60.8 Å². The number of furan rings is 1. The van der Waals surface area contributed by atoms with Crippen molar-refractivity contribution >= 4 is 28.7 Å². The number of benzene rings is 2. The number of anilines is 1. The number of hydrogen-bond donors (Lipinski definition) is 1. The van der Waals surface area contributed by atoms with Gasteiger partial charge in [0.15, 0.2) is 5.76 Å². The number of hydrogen-bond acceptors (Lipinski definition) is 6. The smallest absolute Gasteiger partial charge is 0.416 e. The third kappa shape index (κ3) is 7.30. The van der Waals surface area contributed by atoms with Crippen LogP contribution in [0.4, 0.5) is 23.7 Å². The van der Waals surface area contributed by atoms with E-state index >= 15 is 0 Å². The molecule has 2 aliphatic rings. The van der Waals surface area contributed by atoms with Gasteiger partial charge in [0.1, 0.15) is 23.0 Å². The number of fused-ring (bicyclic) bond motifs is 1. The summed E-state index contributed by atoms with van der Waals surface area (Å²) in [5, 5.41) is 3.76. The Morgan fingerprint density at radius 3 is 2.19 bits per heavy atom. The Morgan fingerprint density at radius 1 is 0.905 bits per heavy atom. The molecule has 0 bridgehead atoms. The van der Waals surface area contributed by atoms with Gasteiger partial charge in [-0.1, -0.05) is 0 Å². The molecule has 1 aromatic heterocycles. The number of rotatable bonds is 5. The molecule has 2 saturated heterocycles. The van der Waals surface area contributed by atoms with Crippen molar-refractivity contribution in [2.45, 2.75) is 70.4 Å². The monoisotopic (exact) mass is 587 g/mol. The number of alkyl halides is 3. The molecule has 0 saturated carbocycles. The molecule has 0 atom stereocenters. The Kier molecular flexibility index (Phi) is 8.30. The largest absolute Gasteiger partial charge is 0.490 e. The standard InChI is InChI=1S/C31H36F3N3O5/c1-30(2,3)42-29(39)37-14-10-22(11-15-37)35-28(38)27-19-20-18-25(8-9-26(20)41-27)40-24-12-16-36(17-13-24)23-6-4-21(5-7-23)31(32,33)34/h4-9,18-19,22,24H,10-17H2,1-3H3,(H,35,38). The van der Waals surface area contributed by atoms with Crippen LogP contribution in [0, 0.1) is 0 Å². The highest BCUT2D eigenvalue weighted by Gasteiger charge is 2.31. The van der Waals surface area contributed by atoms with Crippen LogP contribution < -0.4 is 15.0 Å². The molecule has 0 aliphatic carbocycles. The van der Waals surface area contributed by atoms with Gasteiger partial charge in [-0.3, -0.25) is 4.79 Å². The first-order valence-corrected chi connectivity index (χ1v) is 14.3. The van der Waals surface area contributed by atoms with Crippen LogP contribution in [0.3, 0.4) is 0 Å². The number of likely N-dealkylation sites (tertiary alicyclic amines) is 1. The van der Waals surface area contributed by atoms with E-state index in [1.54, 1.807) is 17.0 Å². The lowest BCUT2D eigenvalue weighted by Crippen LogP contribution is -2.47. The second-order valence-corrected chi connectivity index (χ2v) is 11.9. The number of ether oxygens (including phenoxy) is 2. The maximum atomic E-state index is 12.9. The third-order valence-corrected chi connectivity index (χ3v) is 7.50. The van der Waals surface area contributed by atoms with Crippen molar-refractivity contribution in [1.82, 2.24) is 10.2 Å². The van der Waals surface area contributed by atoms with Gasteiger partial charge in [0, 0.05) is 56.1 Å². The highest BCUT2D eigenvalue weighted by atomic mass is 19.4. The van der Waals surface area contributed by atoms with Gasteiger partial charge in [-0.2, -0.15) is 13.2 Å². The van der Waals surface area contributed by atoms with Crippen molar-refractivity contribution in [1.29, 1.82) is 0 Å². The maximum absolute atomic E-state index is 12.9. The number of carbonyl (C=O) groups excluding carboxylic acids is 2. The zero-order chi connectivity index (χ0) is 30.1. The second-order valence-electron chi connectivity index (χ2n) is 11.9. The Balaban J connectivity index is 1.11. The lowest BCUT2D eigenvalue weighted by molar-refractivity contribution is -0.137. The van der Waals surface area contributed by atoms with Crippen molar-refractivity contribution in [3.63, 3.8) is 0 Å². The Bertz CT molecular complexity index is 1400. The molecule has 0 unspecified atom stereocenters. The minimum atomic E-state index is -4.34. The van der Waals surface area contributed by atoms with Gasteiger partial charge in [-0.05, 0) is 82.1 Å². The van der Waals surface area contributed by atoms with Gasteiger partial charge in [-0.25, -0.2) is 4.79 Å². The molecule has 3 heterocycles. The fourth-order valence-electron chi connectivity index (χ4n) is 5.28. The van der Waals surface area contributed by atoms with Crippen LogP contribution in [0.1, 0.15) is 62.6 Å². The predicted octanol–water partition coefficient (Wildman–Crippen LogP) is 6.63. The SMILES string of the molecule is CC(C)(C)OC(=O)N1CCC(NC(=O)c2cc3cc(OC4CCN(c5ccc(C(F)(F)F)cc5)CC4)ccc3o2)CC1. The average molecular weight is 588 g/mol. The molecule has 2 aliphatic heterocycles. The fourth-order valence-corrected chi connectivity index (χ4v) is 5.28. The second kappa shape index (κ2) is 11.8. The van der Waals surface area contributed by atoms with E-state index in [0.29, 0.717) is 50.4 Å². The molecule has 8 nitrogen and oxygen atoms in total. The van der Waals surface area contributed by atoms with Gasteiger partial charge >= 0.3 is 12.3 Å². The van der Waals surface area contributed by atoms with Gasteiger partial charge in [0.25, 0.3) is 5.91 Å². The number of piperidine rings is 2. The van der Waals surface area contributed by atoms with Crippen LogP contribution in [0.5, 0.6) is 5.75 Å². The average Bonchev–Trinajstić information content (AvgIpc) is 3.36. The summed E-state index contributed by atoms with van der Waals surface area (Å²) in [7, 11) is 0. The van der Waals surface area contributed by atoms with E-state index in [9.17, 15) is 22.8 Å². The first kappa shape index (κ1) is 29.6. The summed E-state index contributed by atoms with van der Waals surface area (Å²) in [6.45, 7) is 7.85. The minimum Gasteiger partial charge on any atom is -0.490 e. The molecule has 3 aromatic rings. The van der Waals surface area contributed by atoms with Crippen molar-refractivity contribution in [2.24, 2.45) is 0 Å². The zero-order valence-electron chi connectivity index (χ0n) is 24.0. The summed E-state index contributed by atoms with van der Waals surface area (Å²) in [5.74, 6) is 0.569. The molecule has 226 valence electrons. The first-order valence-electron chi connectivity index (χ1n) is 14.3. The Labute approximate surface area is 242 Å². The molecule has 0 spiro atoms. The van der Waals surface area contributed by atoms with Crippen LogP contribution in [0.2, 0.25) is 0 Å². The number of nitrogens with zero attached hydrogens (tertiary/aromatic N) is 2. The predicted molar refractivity (Wildman–Crippen MR) is 152 cm³/mol. The molecule has 2 fully saturated rings. The number of carbonyl (C=O) groups is 2. The van der Waals surface area contributed by atoms with E-state index in [-0.39, 0.29) is 29.9 Å². The van der Waals surface area contributed by atoms with E-state index in [0.717, 1.165) is 36.0 Å². The Morgan fingerprint density at radius 2 is 1.57 bits per heavy atom. The molecule has 5 rings (SSSR count). The lowest BCUT2D eigenvalue weighted by atomic mass is 10.1. The summed E-state index contributed by atoms with van der Waals surface area (Å²) < 4.78 is 56.0. The molecule has 11 heteroatoms. The fraction of sp³-hybridized carbons (Fsp3) is 0.484. The molecule has 1 N–H and O–H groups in total. The van der Waals surface area contributed by atoms with Crippen molar-refractivity contribution < 1.29 is 36.7 Å². The highest BCUT2D eigenvalue weighted by molar-refractivity contribution is 5.96. The number of nitrogens with one attached hydrogen (secondary N) is 1. The van der Waals surface area contributed by atoms with Crippen LogP contribution in [0.25, 0.3) is 11.0 Å². The van der Waals surface area contributed by atoms with E-state index < -0.39 is 17.3 Å². The van der Waals surface area contributed by atoms with Crippen molar-refractivity contribution in [3.05, 3.63) is 59.9 Å². The molecule has 2 amide bonds. The van der Waals surface area contributed by atoms with E-state index in [1.165, 1.54) is 12.1 Å². The molecule has 0 radical (unpaired) electrons. The summed E-state index contributed by atoms with van der Waals surface area (Å²) in [4.78, 5) is 28.9. The van der Waals surface area contributed by atoms with Crippen molar-refractivity contribution in [3.8, 4) is 5.75 Å². The van der Waals surface area contributed by atoms with Crippen LogP contribution in [0.15, 0.2) is 52.9 Å². The lowest BCUT2D eigenvalue weighted by Gasteiger charge is -2.33. The molecular formula is C31H36F3N3O5. The summed E-state index contributed by atoms with van der Waals surface area (Å²) in [6, 6.07) is 12.3. The number of halogens is 3. The maximum Gasteiger partial charge on any atom is 0.416 e. The highest BCUT2D eigenvalue weighted by Crippen LogP contribution is 2.32. The van der Waals surface area contributed by atoms with E-state index in [4.69, 9.17) is 13.9 Å². The normalized spacial score (nSPS) is 17.4. The zero-order valence-corrected chi connectivity index (χ0v) is 24.0. The van der Waals surface area contributed by atoms with Crippen LogP contribution >= 0.6 is 0 Å². The van der Waals surface area contributed by atoms with Gasteiger partial charge in [-0.15, -0.1) is 0 Å². The summed E-state index contributed by atoms with van der Waals surface area (Å²) in [6.07, 6.45) is -2.01. The minimum absolute atomic E-state index is 0.0330.